The van der Waals surface area contributed by atoms with Crippen LogP contribution in [0, 0.1) is 6.92 Å². The quantitative estimate of drug-likeness (QED) is 0.776. The van der Waals surface area contributed by atoms with Crippen molar-refractivity contribution in [2.75, 3.05) is 37.6 Å². The van der Waals surface area contributed by atoms with E-state index in [-0.39, 0.29) is 5.91 Å². The maximum absolute atomic E-state index is 12.6. The Labute approximate surface area is 154 Å². The molecule has 0 saturated carbocycles. The van der Waals surface area contributed by atoms with Crippen LogP contribution in [0.1, 0.15) is 22.8 Å². The van der Waals surface area contributed by atoms with Gasteiger partial charge in [-0.2, -0.15) is 0 Å². The number of carbonyl (C=O) groups is 2. The van der Waals surface area contributed by atoms with E-state index in [4.69, 9.17) is 0 Å². The molecule has 1 aromatic carbocycles. The predicted molar refractivity (Wildman–Crippen MR) is 102 cm³/mol. The molecule has 1 aliphatic heterocycles. The Morgan fingerprint density at radius 2 is 1.96 bits per heavy atom. The molecule has 26 heavy (non-hydrogen) atoms. The molecule has 0 bridgehead atoms. The van der Waals surface area contributed by atoms with Gasteiger partial charge < -0.3 is 14.7 Å². The average Bonchev–Trinajstić information content (AvgIpc) is 2.69. The van der Waals surface area contributed by atoms with Crippen LogP contribution in [0.15, 0.2) is 42.6 Å². The van der Waals surface area contributed by atoms with Crippen molar-refractivity contribution in [1.82, 2.24) is 14.8 Å². The number of hydrogen-bond donors (Lipinski definition) is 0. The lowest BCUT2D eigenvalue weighted by Gasteiger charge is -2.32. The highest BCUT2D eigenvalue weighted by Crippen LogP contribution is 2.24. The highest BCUT2D eigenvalue weighted by atomic mass is 16.2. The van der Waals surface area contributed by atoms with E-state index in [9.17, 15) is 9.59 Å². The third-order valence-corrected chi connectivity index (χ3v) is 4.65. The van der Waals surface area contributed by atoms with E-state index in [1.165, 1.54) is 5.56 Å². The fourth-order valence-corrected chi connectivity index (χ4v) is 3.16. The van der Waals surface area contributed by atoms with Crippen LogP contribution in [0.4, 0.5) is 11.5 Å². The molecule has 6 nitrogen and oxygen atoms in total. The van der Waals surface area contributed by atoms with Gasteiger partial charge in [-0.05, 0) is 43.7 Å². The largest absolute Gasteiger partial charge is 0.342 e. The van der Waals surface area contributed by atoms with Gasteiger partial charge in [0, 0.05) is 44.6 Å². The van der Waals surface area contributed by atoms with Crippen molar-refractivity contribution in [3.05, 3.63) is 53.7 Å². The maximum atomic E-state index is 12.6. The summed E-state index contributed by atoms with van der Waals surface area (Å²) < 4.78 is 0. The van der Waals surface area contributed by atoms with Gasteiger partial charge in [-0.1, -0.05) is 12.1 Å². The second-order valence-electron chi connectivity index (χ2n) is 6.42. The van der Waals surface area contributed by atoms with Crippen LogP contribution in [-0.4, -0.2) is 59.8 Å². The van der Waals surface area contributed by atoms with Crippen LogP contribution in [0.5, 0.6) is 0 Å². The van der Waals surface area contributed by atoms with E-state index in [2.05, 4.69) is 41.9 Å². The number of amides is 2. The summed E-state index contributed by atoms with van der Waals surface area (Å²) in [7, 11) is 0. The molecule has 1 aromatic heterocycles. The third kappa shape index (κ3) is 3.85. The highest BCUT2D eigenvalue weighted by Gasteiger charge is 2.21. The molecule has 0 aliphatic carbocycles. The van der Waals surface area contributed by atoms with E-state index in [1.54, 1.807) is 16.0 Å². The number of rotatable bonds is 5. The number of aryl methyl sites for hydroxylation is 1. The Hall–Kier alpha value is -2.89. The summed E-state index contributed by atoms with van der Waals surface area (Å²) in [5.41, 5.74) is 2.86. The molecule has 3 rings (SSSR count). The van der Waals surface area contributed by atoms with Gasteiger partial charge in [-0.25, -0.2) is 4.98 Å². The minimum Gasteiger partial charge on any atom is -0.342 e. The van der Waals surface area contributed by atoms with Gasteiger partial charge in [0.1, 0.15) is 5.82 Å². The molecule has 0 radical (unpaired) electrons. The lowest BCUT2D eigenvalue weighted by Crippen LogP contribution is -2.48. The zero-order valence-electron chi connectivity index (χ0n) is 15.3. The Balaban J connectivity index is 1.73. The van der Waals surface area contributed by atoms with Gasteiger partial charge in [-0.3, -0.25) is 9.59 Å². The number of hydrogen-bond acceptors (Lipinski definition) is 4. The lowest BCUT2D eigenvalue weighted by atomic mass is 10.2. The average molecular weight is 352 g/mol. The molecule has 2 heterocycles. The molecule has 6 heteroatoms. The molecule has 2 amide bonds. The number of anilines is 2. The first kappa shape index (κ1) is 17.9. The lowest BCUT2D eigenvalue weighted by molar-refractivity contribution is -0.119. The Bertz CT molecular complexity index is 768. The van der Waals surface area contributed by atoms with Crippen molar-refractivity contribution in [3.8, 4) is 0 Å². The number of piperazine rings is 1. The predicted octanol–water partition coefficient (Wildman–Crippen LogP) is 2.46. The summed E-state index contributed by atoms with van der Waals surface area (Å²) in [4.78, 5) is 33.5. The minimum absolute atomic E-state index is 0.0341. The number of carbonyl (C=O) groups excluding carboxylic acids is 2. The van der Waals surface area contributed by atoms with E-state index in [0.717, 1.165) is 24.5 Å². The zero-order valence-corrected chi connectivity index (χ0v) is 15.3. The van der Waals surface area contributed by atoms with Crippen LogP contribution in [0.3, 0.4) is 0 Å². The summed E-state index contributed by atoms with van der Waals surface area (Å²) in [6, 6.07) is 12.0. The SMILES string of the molecule is CCN(c1cccc(C)c1)c1ccc(C(=O)N2CCN(C=O)CC2)cn1. The first-order valence-corrected chi connectivity index (χ1v) is 8.91. The summed E-state index contributed by atoms with van der Waals surface area (Å²) in [6.07, 6.45) is 2.48. The Morgan fingerprint density at radius 1 is 1.19 bits per heavy atom. The second-order valence-corrected chi connectivity index (χ2v) is 6.42. The Morgan fingerprint density at radius 3 is 2.54 bits per heavy atom. The van der Waals surface area contributed by atoms with E-state index >= 15 is 0 Å². The molecule has 2 aromatic rings. The molecule has 0 atom stereocenters. The first-order valence-electron chi connectivity index (χ1n) is 8.91. The van der Waals surface area contributed by atoms with Crippen LogP contribution in [0.2, 0.25) is 0 Å². The number of aromatic nitrogens is 1. The van der Waals surface area contributed by atoms with Gasteiger partial charge in [0.15, 0.2) is 0 Å². The molecule has 1 aliphatic rings. The smallest absolute Gasteiger partial charge is 0.255 e. The van der Waals surface area contributed by atoms with Crippen molar-refractivity contribution in [3.63, 3.8) is 0 Å². The number of pyridine rings is 1. The van der Waals surface area contributed by atoms with Crippen molar-refractivity contribution in [2.24, 2.45) is 0 Å². The van der Waals surface area contributed by atoms with Gasteiger partial charge in [0.25, 0.3) is 5.91 Å². The van der Waals surface area contributed by atoms with Crippen LogP contribution >= 0.6 is 0 Å². The topological polar surface area (TPSA) is 56.8 Å². The molecule has 1 fully saturated rings. The monoisotopic (exact) mass is 352 g/mol. The molecular formula is C20H24N4O2. The minimum atomic E-state index is -0.0341. The van der Waals surface area contributed by atoms with Gasteiger partial charge in [-0.15, -0.1) is 0 Å². The summed E-state index contributed by atoms with van der Waals surface area (Å²) in [6.45, 7) is 7.22. The zero-order chi connectivity index (χ0) is 18.5. The van der Waals surface area contributed by atoms with Crippen molar-refractivity contribution in [1.29, 1.82) is 0 Å². The highest BCUT2D eigenvalue weighted by molar-refractivity contribution is 5.94. The van der Waals surface area contributed by atoms with Crippen molar-refractivity contribution >= 4 is 23.8 Å². The molecule has 0 spiro atoms. The van der Waals surface area contributed by atoms with Gasteiger partial charge >= 0.3 is 0 Å². The molecule has 136 valence electrons. The normalized spacial score (nSPS) is 14.2. The van der Waals surface area contributed by atoms with Crippen LogP contribution in [-0.2, 0) is 4.79 Å². The summed E-state index contributed by atoms with van der Waals surface area (Å²) in [5.74, 6) is 0.786. The Kier molecular flexibility index (Phi) is 5.51. The standard InChI is InChI=1S/C20H24N4O2/c1-3-24(18-6-4-5-16(2)13-18)19-8-7-17(14-21-19)20(26)23-11-9-22(15-25)10-12-23/h4-8,13-15H,3,9-12H2,1-2H3. The molecular weight excluding hydrogens is 328 g/mol. The van der Waals surface area contributed by atoms with Gasteiger partial charge in [0.2, 0.25) is 6.41 Å². The van der Waals surface area contributed by atoms with E-state index in [0.29, 0.717) is 31.7 Å². The third-order valence-electron chi connectivity index (χ3n) is 4.65. The summed E-state index contributed by atoms with van der Waals surface area (Å²) >= 11 is 0. The van der Waals surface area contributed by atoms with Crippen molar-refractivity contribution in [2.45, 2.75) is 13.8 Å². The first-order chi connectivity index (χ1) is 12.6. The number of benzene rings is 1. The van der Waals surface area contributed by atoms with E-state index < -0.39 is 0 Å². The summed E-state index contributed by atoms with van der Waals surface area (Å²) in [5, 5.41) is 0. The number of nitrogens with zero attached hydrogens (tertiary/aromatic N) is 4. The fraction of sp³-hybridized carbons (Fsp3) is 0.350. The van der Waals surface area contributed by atoms with Gasteiger partial charge in [0.05, 0.1) is 5.56 Å². The van der Waals surface area contributed by atoms with Crippen LogP contribution < -0.4 is 4.90 Å². The molecule has 1 saturated heterocycles. The molecule has 0 unspecified atom stereocenters. The molecule has 0 N–H and O–H groups in total. The second kappa shape index (κ2) is 7.99. The fourth-order valence-electron chi connectivity index (χ4n) is 3.16. The van der Waals surface area contributed by atoms with Crippen molar-refractivity contribution < 1.29 is 9.59 Å². The maximum Gasteiger partial charge on any atom is 0.255 e. The van der Waals surface area contributed by atoms with E-state index in [1.807, 2.05) is 18.2 Å². The van der Waals surface area contributed by atoms with Crippen LogP contribution in [0.25, 0.3) is 0 Å².